The second-order valence-electron chi connectivity index (χ2n) is 4.46. The molecular formula is C14H19N5O2. The smallest absolute Gasteiger partial charge is 0.251 e. The molecule has 0 spiro atoms. The Bertz CT molecular complexity index is 583. The van der Waals surface area contributed by atoms with Crippen molar-refractivity contribution in [3.05, 3.63) is 36.2 Å². The number of carbonyl (C=O) groups excluding carboxylic acids is 1. The number of amides is 1. The number of ether oxygens (including phenoxy) is 1. The molecule has 0 saturated heterocycles. The van der Waals surface area contributed by atoms with Crippen molar-refractivity contribution in [3.63, 3.8) is 0 Å². The summed E-state index contributed by atoms with van der Waals surface area (Å²) in [5.41, 5.74) is 6.83. The monoisotopic (exact) mass is 289 g/mol. The zero-order chi connectivity index (χ0) is 15.1. The van der Waals surface area contributed by atoms with E-state index in [1.807, 2.05) is 6.92 Å². The molecule has 7 nitrogen and oxygen atoms in total. The van der Waals surface area contributed by atoms with E-state index in [1.54, 1.807) is 35.3 Å². The first kappa shape index (κ1) is 14.8. The van der Waals surface area contributed by atoms with Gasteiger partial charge in [0.25, 0.3) is 5.91 Å². The van der Waals surface area contributed by atoms with Crippen molar-refractivity contribution in [3.8, 4) is 5.75 Å². The molecule has 0 aliphatic heterocycles. The number of rotatable bonds is 7. The Balaban J connectivity index is 1.81. The highest BCUT2D eigenvalue weighted by Gasteiger charge is 2.08. The number of carbonyl (C=O) groups is 1. The van der Waals surface area contributed by atoms with Crippen LogP contribution in [0.5, 0.6) is 5.75 Å². The van der Waals surface area contributed by atoms with Crippen LogP contribution in [-0.2, 0) is 6.54 Å². The number of aryl methyl sites for hydroxylation is 1. The van der Waals surface area contributed by atoms with Crippen LogP contribution < -0.4 is 15.8 Å². The molecular weight excluding hydrogens is 270 g/mol. The summed E-state index contributed by atoms with van der Waals surface area (Å²) in [4.78, 5) is 12.0. The van der Waals surface area contributed by atoms with Gasteiger partial charge in [-0.05, 0) is 31.5 Å². The molecule has 0 radical (unpaired) electrons. The molecule has 0 bridgehead atoms. The van der Waals surface area contributed by atoms with Gasteiger partial charge in [-0.3, -0.25) is 9.48 Å². The number of aromatic nitrogens is 3. The van der Waals surface area contributed by atoms with Crippen LogP contribution in [0.25, 0.3) is 0 Å². The standard InChI is InChI=1S/C14H19N5O2/c1-2-21-13-5-4-11(10-12(13)15)14(20)16-6-3-8-19-9-7-17-18-19/h4-5,7,9-10H,2-3,6,8,15H2,1H3,(H,16,20). The third kappa shape index (κ3) is 4.20. The molecule has 7 heteroatoms. The number of hydrogen-bond acceptors (Lipinski definition) is 5. The van der Waals surface area contributed by atoms with E-state index in [4.69, 9.17) is 10.5 Å². The molecule has 0 saturated carbocycles. The van der Waals surface area contributed by atoms with Crippen LogP contribution in [0.3, 0.4) is 0 Å². The van der Waals surface area contributed by atoms with E-state index in [-0.39, 0.29) is 5.91 Å². The van der Waals surface area contributed by atoms with Gasteiger partial charge in [0.1, 0.15) is 5.75 Å². The van der Waals surface area contributed by atoms with E-state index in [0.29, 0.717) is 36.7 Å². The molecule has 1 heterocycles. The van der Waals surface area contributed by atoms with Crippen LogP contribution in [0, 0.1) is 0 Å². The summed E-state index contributed by atoms with van der Waals surface area (Å²) in [6.45, 7) is 3.70. The van der Waals surface area contributed by atoms with Gasteiger partial charge >= 0.3 is 0 Å². The van der Waals surface area contributed by atoms with Gasteiger partial charge < -0.3 is 15.8 Å². The molecule has 21 heavy (non-hydrogen) atoms. The second-order valence-corrected chi connectivity index (χ2v) is 4.46. The van der Waals surface area contributed by atoms with Crippen molar-refractivity contribution in [2.45, 2.75) is 19.9 Å². The first-order chi connectivity index (χ1) is 10.2. The van der Waals surface area contributed by atoms with Crippen LogP contribution in [0.2, 0.25) is 0 Å². The minimum atomic E-state index is -0.150. The number of hydrogen-bond donors (Lipinski definition) is 2. The van der Waals surface area contributed by atoms with Crippen molar-refractivity contribution >= 4 is 11.6 Å². The Morgan fingerprint density at radius 2 is 2.33 bits per heavy atom. The maximum absolute atomic E-state index is 12.0. The molecule has 1 aromatic carbocycles. The predicted octanol–water partition coefficient (Wildman–Crippen LogP) is 1.08. The minimum absolute atomic E-state index is 0.150. The van der Waals surface area contributed by atoms with Gasteiger partial charge in [0.2, 0.25) is 0 Å². The van der Waals surface area contributed by atoms with Crippen LogP contribution in [0.15, 0.2) is 30.6 Å². The van der Waals surface area contributed by atoms with Gasteiger partial charge in [0.05, 0.1) is 18.5 Å². The highest BCUT2D eigenvalue weighted by Crippen LogP contribution is 2.22. The van der Waals surface area contributed by atoms with Crippen molar-refractivity contribution in [2.24, 2.45) is 0 Å². The topological polar surface area (TPSA) is 95.1 Å². The Labute approximate surface area is 123 Å². The summed E-state index contributed by atoms with van der Waals surface area (Å²) < 4.78 is 7.06. The summed E-state index contributed by atoms with van der Waals surface area (Å²) in [6.07, 6.45) is 4.19. The lowest BCUT2D eigenvalue weighted by atomic mass is 10.1. The summed E-state index contributed by atoms with van der Waals surface area (Å²) in [5, 5.41) is 10.4. The van der Waals surface area contributed by atoms with Gasteiger partial charge in [0, 0.05) is 24.8 Å². The van der Waals surface area contributed by atoms with Crippen molar-refractivity contribution in [1.29, 1.82) is 0 Å². The van der Waals surface area contributed by atoms with Gasteiger partial charge in [-0.2, -0.15) is 0 Å². The number of nitrogens with one attached hydrogen (secondary N) is 1. The van der Waals surface area contributed by atoms with Crippen molar-refractivity contribution in [2.75, 3.05) is 18.9 Å². The molecule has 1 aromatic heterocycles. The van der Waals surface area contributed by atoms with E-state index in [9.17, 15) is 4.79 Å². The van der Waals surface area contributed by atoms with Gasteiger partial charge in [-0.25, -0.2) is 0 Å². The number of nitrogens with zero attached hydrogens (tertiary/aromatic N) is 3. The number of benzene rings is 1. The Morgan fingerprint density at radius 3 is 3.00 bits per heavy atom. The van der Waals surface area contributed by atoms with Crippen molar-refractivity contribution in [1.82, 2.24) is 20.3 Å². The number of nitrogens with two attached hydrogens (primary N) is 1. The molecule has 0 fully saturated rings. The quantitative estimate of drug-likeness (QED) is 0.587. The zero-order valence-electron chi connectivity index (χ0n) is 12.0. The third-order valence-corrected chi connectivity index (χ3v) is 2.89. The largest absolute Gasteiger partial charge is 0.492 e. The molecule has 0 atom stereocenters. The normalized spacial score (nSPS) is 10.3. The van der Waals surface area contributed by atoms with Crippen molar-refractivity contribution < 1.29 is 9.53 Å². The lowest BCUT2D eigenvalue weighted by Crippen LogP contribution is -2.25. The van der Waals surface area contributed by atoms with Crippen LogP contribution in [0.4, 0.5) is 5.69 Å². The zero-order valence-corrected chi connectivity index (χ0v) is 12.0. The second kappa shape index (κ2) is 7.28. The molecule has 0 unspecified atom stereocenters. The van der Waals surface area contributed by atoms with Crippen LogP contribution >= 0.6 is 0 Å². The molecule has 0 aliphatic rings. The fourth-order valence-corrected chi connectivity index (χ4v) is 1.87. The highest BCUT2D eigenvalue weighted by molar-refractivity contribution is 5.95. The summed E-state index contributed by atoms with van der Waals surface area (Å²) in [5.74, 6) is 0.448. The average molecular weight is 289 g/mol. The lowest BCUT2D eigenvalue weighted by molar-refractivity contribution is 0.0952. The summed E-state index contributed by atoms with van der Waals surface area (Å²) in [6, 6.07) is 5.04. The predicted molar refractivity (Wildman–Crippen MR) is 79.0 cm³/mol. The Morgan fingerprint density at radius 1 is 1.48 bits per heavy atom. The fourth-order valence-electron chi connectivity index (χ4n) is 1.87. The molecule has 112 valence electrons. The maximum Gasteiger partial charge on any atom is 0.251 e. The molecule has 1 amide bonds. The molecule has 3 N–H and O–H groups in total. The van der Waals surface area contributed by atoms with Crippen LogP contribution in [-0.4, -0.2) is 34.1 Å². The van der Waals surface area contributed by atoms with E-state index in [2.05, 4.69) is 15.6 Å². The highest BCUT2D eigenvalue weighted by atomic mass is 16.5. The maximum atomic E-state index is 12.0. The van der Waals surface area contributed by atoms with E-state index in [0.717, 1.165) is 6.42 Å². The molecule has 2 rings (SSSR count). The van der Waals surface area contributed by atoms with Gasteiger partial charge in [-0.1, -0.05) is 5.21 Å². The SMILES string of the molecule is CCOc1ccc(C(=O)NCCCn2ccnn2)cc1N. The Kier molecular flexibility index (Phi) is 5.14. The van der Waals surface area contributed by atoms with Gasteiger partial charge in [-0.15, -0.1) is 5.10 Å². The average Bonchev–Trinajstić information content (AvgIpc) is 2.99. The number of nitrogen functional groups attached to an aromatic ring is 1. The number of anilines is 1. The Hall–Kier alpha value is -2.57. The first-order valence-corrected chi connectivity index (χ1v) is 6.85. The third-order valence-electron chi connectivity index (χ3n) is 2.89. The molecule has 0 aliphatic carbocycles. The van der Waals surface area contributed by atoms with E-state index >= 15 is 0 Å². The summed E-state index contributed by atoms with van der Waals surface area (Å²) in [7, 11) is 0. The summed E-state index contributed by atoms with van der Waals surface area (Å²) >= 11 is 0. The van der Waals surface area contributed by atoms with Crippen LogP contribution in [0.1, 0.15) is 23.7 Å². The lowest BCUT2D eigenvalue weighted by Gasteiger charge is -2.09. The fraction of sp³-hybridized carbons (Fsp3) is 0.357. The van der Waals surface area contributed by atoms with E-state index in [1.165, 1.54) is 0 Å². The van der Waals surface area contributed by atoms with E-state index < -0.39 is 0 Å². The van der Waals surface area contributed by atoms with Gasteiger partial charge in [0.15, 0.2) is 0 Å². The minimum Gasteiger partial charge on any atom is -0.492 e. The molecule has 2 aromatic rings. The first-order valence-electron chi connectivity index (χ1n) is 6.85.